The fourth-order valence-corrected chi connectivity index (χ4v) is 3.05. The number of benzene rings is 3. The van der Waals surface area contributed by atoms with Gasteiger partial charge in [0.25, 0.3) is 5.69 Å². The average molecular weight is 427 g/mol. The predicted octanol–water partition coefficient (Wildman–Crippen LogP) is 5.69. The smallest absolute Gasteiger partial charge is 0.258 e. The van der Waals surface area contributed by atoms with Crippen LogP contribution in [0.1, 0.15) is 12.5 Å². The van der Waals surface area contributed by atoms with Gasteiger partial charge >= 0.3 is 0 Å². The first kappa shape index (κ1) is 20.8. The summed E-state index contributed by atoms with van der Waals surface area (Å²) in [6.45, 7) is 1.77. The summed E-state index contributed by atoms with van der Waals surface area (Å²) in [7, 11) is 0. The first-order valence-electron chi connectivity index (χ1n) is 9.75. The van der Waals surface area contributed by atoms with Crippen molar-refractivity contribution in [2.24, 2.45) is 5.10 Å². The van der Waals surface area contributed by atoms with E-state index >= 15 is 0 Å². The van der Waals surface area contributed by atoms with Crippen molar-refractivity contribution < 1.29 is 9.31 Å². The van der Waals surface area contributed by atoms with Gasteiger partial charge in [0, 0.05) is 23.3 Å². The molecule has 0 saturated heterocycles. The normalized spacial score (nSPS) is 11.2. The van der Waals surface area contributed by atoms with Gasteiger partial charge in [-0.2, -0.15) is 5.10 Å². The molecule has 0 unspecified atom stereocenters. The van der Waals surface area contributed by atoms with Crippen molar-refractivity contribution in [2.75, 3.05) is 5.43 Å². The molecular formula is C24H18FN5O2. The molecule has 0 bridgehead atoms. The Labute approximate surface area is 183 Å². The molecule has 0 saturated carbocycles. The molecule has 0 aliphatic rings. The van der Waals surface area contributed by atoms with Gasteiger partial charge in [0.2, 0.25) is 5.95 Å². The first-order chi connectivity index (χ1) is 15.5. The lowest BCUT2D eigenvalue weighted by Crippen LogP contribution is -2.04. The molecule has 3 aromatic carbocycles. The highest BCUT2D eigenvalue weighted by atomic mass is 19.1. The number of nitro benzene ring substituents is 1. The fourth-order valence-electron chi connectivity index (χ4n) is 3.05. The Kier molecular flexibility index (Phi) is 5.94. The van der Waals surface area contributed by atoms with Crippen molar-refractivity contribution in [1.29, 1.82) is 0 Å². The van der Waals surface area contributed by atoms with Gasteiger partial charge < -0.3 is 0 Å². The van der Waals surface area contributed by atoms with E-state index in [0.717, 1.165) is 16.7 Å². The topological polar surface area (TPSA) is 93.3 Å². The summed E-state index contributed by atoms with van der Waals surface area (Å²) in [6, 6.07) is 23.6. The summed E-state index contributed by atoms with van der Waals surface area (Å²) < 4.78 is 13.4. The highest BCUT2D eigenvalue weighted by Crippen LogP contribution is 2.25. The van der Waals surface area contributed by atoms with Crippen LogP contribution in [0.2, 0.25) is 0 Å². The van der Waals surface area contributed by atoms with E-state index < -0.39 is 4.92 Å². The fraction of sp³-hybridized carbons (Fsp3) is 0.0417. The van der Waals surface area contributed by atoms with Gasteiger partial charge in [-0.05, 0) is 55.0 Å². The van der Waals surface area contributed by atoms with Crippen LogP contribution in [-0.4, -0.2) is 20.6 Å². The van der Waals surface area contributed by atoms with Gasteiger partial charge in [0.05, 0.1) is 22.0 Å². The molecule has 0 fully saturated rings. The summed E-state index contributed by atoms with van der Waals surface area (Å²) in [6.07, 6.45) is 0. The van der Waals surface area contributed by atoms with Crippen LogP contribution in [0, 0.1) is 15.9 Å². The number of anilines is 1. The Morgan fingerprint density at radius 3 is 2.09 bits per heavy atom. The van der Waals surface area contributed by atoms with E-state index in [2.05, 4.69) is 20.5 Å². The summed E-state index contributed by atoms with van der Waals surface area (Å²) in [5.74, 6) is -0.0558. The lowest BCUT2D eigenvalue weighted by molar-refractivity contribution is -0.384. The second-order valence-electron chi connectivity index (χ2n) is 6.95. The number of hydrazone groups is 1. The van der Waals surface area contributed by atoms with Crippen molar-refractivity contribution in [3.8, 4) is 22.5 Å². The Bertz CT molecular complexity index is 1270. The van der Waals surface area contributed by atoms with Crippen LogP contribution in [0.4, 0.5) is 16.0 Å². The van der Waals surface area contributed by atoms with E-state index in [-0.39, 0.29) is 17.5 Å². The number of nitrogens with zero attached hydrogens (tertiary/aromatic N) is 4. The van der Waals surface area contributed by atoms with Gasteiger partial charge in [-0.1, -0.05) is 30.3 Å². The first-order valence-corrected chi connectivity index (χ1v) is 9.75. The number of hydrogen-bond donors (Lipinski definition) is 1. The number of non-ortho nitro benzene ring substituents is 1. The van der Waals surface area contributed by atoms with E-state index in [1.165, 1.54) is 24.3 Å². The van der Waals surface area contributed by atoms with Gasteiger partial charge in [-0.3, -0.25) is 10.1 Å². The second kappa shape index (κ2) is 9.13. The average Bonchev–Trinajstić information content (AvgIpc) is 2.83. The molecule has 0 atom stereocenters. The van der Waals surface area contributed by atoms with Crippen LogP contribution in [0.25, 0.3) is 22.5 Å². The number of nitrogens with one attached hydrogen (secondary N) is 1. The second-order valence-corrected chi connectivity index (χ2v) is 6.95. The van der Waals surface area contributed by atoms with E-state index in [0.29, 0.717) is 17.1 Å². The van der Waals surface area contributed by atoms with Crippen LogP contribution < -0.4 is 5.43 Å². The molecule has 0 aliphatic heterocycles. The SMILES string of the molecule is C/C(=N/Nc1nc(-c2ccccc2)cc(-c2ccc(F)cc2)n1)c1ccc([N+](=O)[O-])cc1. The zero-order valence-corrected chi connectivity index (χ0v) is 17.1. The summed E-state index contributed by atoms with van der Waals surface area (Å²) in [5, 5.41) is 15.2. The third-order valence-electron chi connectivity index (χ3n) is 4.76. The van der Waals surface area contributed by atoms with E-state index in [1.807, 2.05) is 36.4 Å². The minimum Gasteiger partial charge on any atom is -0.258 e. The molecule has 7 nitrogen and oxygen atoms in total. The van der Waals surface area contributed by atoms with Crippen LogP contribution in [-0.2, 0) is 0 Å². The summed E-state index contributed by atoms with van der Waals surface area (Å²) in [5.41, 5.74) is 7.15. The number of nitro groups is 1. The molecule has 8 heteroatoms. The van der Waals surface area contributed by atoms with Gasteiger partial charge in [-0.15, -0.1) is 0 Å². The molecule has 1 N–H and O–H groups in total. The van der Waals surface area contributed by atoms with Crippen LogP contribution in [0.15, 0.2) is 90.0 Å². The Morgan fingerprint density at radius 1 is 0.906 bits per heavy atom. The van der Waals surface area contributed by atoms with Gasteiger partial charge in [0.15, 0.2) is 0 Å². The largest absolute Gasteiger partial charge is 0.269 e. The molecule has 0 aliphatic carbocycles. The molecule has 0 radical (unpaired) electrons. The van der Waals surface area contributed by atoms with Gasteiger partial charge in [0.1, 0.15) is 5.82 Å². The number of aromatic nitrogens is 2. The number of hydrogen-bond acceptors (Lipinski definition) is 6. The lowest BCUT2D eigenvalue weighted by Gasteiger charge is -2.09. The van der Waals surface area contributed by atoms with Crippen LogP contribution in [0.3, 0.4) is 0 Å². The van der Waals surface area contributed by atoms with E-state index in [9.17, 15) is 14.5 Å². The quantitative estimate of drug-likeness (QED) is 0.242. The Morgan fingerprint density at radius 2 is 1.50 bits per heavy atom. The minimum atomic E-state index is -0.450. The molecule has 1 aromatic heterocycles. The predicted molar refractivity (Wildman–Crippen MR) is 122 cm³/mol. The maximum atomic E-state index is 13.4. The molecule has 0 amide bonds. The summed E-state index contributed by atoms with van der Waals surface area (Å²) >= 11 is 0. The Balaban J connectivity index is 1.67. The molecule has 32 heavy (non-hydrogen) atoms. The van der Waals surface area contributed by atoms with Crippen molar-refractivity contribution in [3.05, 3.63) is 106 Å². The molecule has 4 rings (SSSR count). The van der Waals surface area contributed by atoms with E-state index in [4.69, 9.17) is 0 Å². The van der Waals surface area contributed by atoms with E-state index in [1.54, 1.807) is 31.2 Å². The summed E-state index contributed by atoms with van der Waals surface area (Å²) in [4.78, 5) is 19.5. The number of rotatable bonds is 6. The van der Waals surface area contributed by atoms with Gasteiger partial charge in [-0.25, -0.2) is 19.8 Å². The maximum Gasteiger partial charge on any atom is 0.269 e. The van der Waals surface area contributed by atoms with Crippen LogP contribution >= 0.6 is 0 Å². The standard InChI is InChI=1S/C24H18FN5O2/c1-16(17-9-13-21(14-10-17)30(31)32)28-29-24-26-22(18-5-3-2-4-6-18)15-23(27-24)19-7-11-20(25)12-8-19/h2-15H,1H3,(H,26,27,29)/b28-16-. The Hall–Kier alpha value is -4.46. The van der Waals surface area contributed by atoms with Crippen molar-refractivity contribution in [3.63, 3.8) is 0 Å². The molecule has 1 heterocycles. The highest BCUT2D eigenvalue weighted by molar-refractivity contribution is 5.99. The van der Waals surface area contributed by atoms with Crippen molar-refractivity contribution in [2.45, 2.75) is 6.92 Å². The highest BCUT2D eigenvalue weighted by Gasteiger charge is 2.10. The van der Waals surface area contributed by atoms with Crippen LogP contribution in [0.5, 0.6) is 0 Å². The molecular weight excluding hydrogens is 409 g/mol. The monoisotopic (exact) mass is 427 g/mol. The van der Waals surface area contributed by atoms with Crippen molar-refractivity contribution in [1.82, 2.24) is 9.97 Å². The lowest BCUT2D eigenvalue weighted by atomic mass is 10.1. The van der Waals surface area contributed by atoms with Crippen molar-refractivity contribution >= 4 is 17.3 Å². The number of halogens is 1. The minimum absolute atomic E-state index is 0.0114. The molecule has 0 spiro atoms. The third-order valence-corrected chi connectivity index (χ3v) is 4.76. The maximum absolute atomic E-state index is 13.4. The zero-order chi connectivity index (χ0) is 22.5. The molecule has 158 valence electrons. The third kappa shape index (κ3) is 4.81. The molecule has 4 aromatic rings. The zero-order valence-electron chi connectivity index (χ0n) is 17.1.